The predicted octanol–water partition coefficient (Wildman–Crippen LogP) is 3.42. The van der Waals surface area contributed by atoms with E-state index in [9.17, 15) is 4.79 Å². The highest BCUT2D eigenvalue weighted by atomic mass is 32.1. The Kier molecular flexibility index (Phi) is 6.99. The average molecular weight is 303 g/mol. The molecule has 2 aromatic carbocycles. The third kappa shape index (κ3) is 4.92. The van der Waals surface area contributed by atoms with E-state index in [0.29, 0.717) is 6.61 Å². The van der Waals surface area contributed by atoms with E-state index >= 15 is 0 Å². The van der Waals surface area contributed by atoms with Crippen LogP contribution in [0.5, 0.6) is 0 Å². The second-order valence-corrected chi connectivity index (χ2v) is 4.61. The Morgan fingerprint density at radius 1 is 1.10 bits per heavy atom. The standard InChI is InChI=1S/C17H19NO2.H2S/c1-2-20-17(19)12-16(18)15-10-6-9-14(11-15)13-7-4-3-5-8-13;/h3-11,16H,2,12,18H2,1H3;1H2. The first-order valence-corrected chi connectivity index (χ1v) is 6.77. The van der Waals surface area contributed by atoms with Gasteiger partial charge in [-0.3, -0.25) is 4.79 Å². The summed E-state index contributed by atoms with van der Waals surface area (Å²) in [7, 11) is 0. The minimum atomic E-state index is -0.335. The van der Waals surface area contributed by atoms with Gasteiger partial charge in [0.1, 0.15) is 0 Å². The average Bonchev–Trinajstić information content (AvgIpc) is 2.48. The number of benzene rings is 2. The molecule has 0 spiro atoms. The van der Waals surface area contributed by atoms with Crippen molar-refractivity contribution in [1.29, 1.82) is 0 Å². The maximum atomic E-state index is 11.5. The van der Waals surface area contributed by atoms with Crippen LogP contribution in [-0.4, -0.2) is 12.6 Å². The number of ether oxygens (including phenoxy) is 1. The molecule has 0 fully saturated rings. The largest absolute Gasteiger partial charge is 0.466 e. The molecule has 0 aromatic heterocycles. The molecule has 0 aliphatic carbocycles. The summed E-state index contributed by atoms with van der Waals surface area (Å²) in [6.07, 6.45) is 0.200. The van der Waals surface area contributed by atoms with Crippen LogP contribution in [0.3, 0.4) is 0 Å². The van der Waals surface area contributed by atoms with Gasteiger partial charge in [-0.25, -0.2) is 0 Å². The van der Waals surface area contributed by atoms with Gasteiger partial charge in [-0.2, -0.15) is 13.5 Å². The van der Waals surface area contributed by atoms with Crippen LogP contribution in [0, 0.1) is 0 Å². The first-order chi connectivity index (χ1) is 9.70. The molecule has 0 bridgehead atoms. The number of rotatable bonds is 5. The Balaban J connectivity index is 0.00000220. The van der Waals surface area contributed by atoms with Gasteiger partial charge in [0.2, 0.25) is 0 Å². The SMILES string of the molecule is CCOC(=O)CC(N)c1cccc(-c2ccccc2)c1.S. The molecule has 0 saturated carbocycles. The molecule has 2 rings (SSSR count). The quantitative estimate of drug-likeness (QED) is 0.861. The number of carbonyl (C=O) groups excluding carboxylic acids is 1. The summed E-state index contributed by atoms with van der Waals surface area (Å²) in [5, 5.41) is 0. The predicted molar refractivity (Wildman–Crippen MR) is 90.4 cm³/mol. The summed E-state index contributed by atoms with van der Waals surface area (Å²) >= 11 is 0. The number of carbonyl (C=O) groups is 1. The van der Waals surface area contributed by atoms with Crippen molar-refractivity contribution in [3.63, 3.8) is 0 Å². The molecule has 2 N–H and O–H groups in total. The lowest BCUT2D eigenvalue weighted by Gasteiger charge is -2.12. The highest BCUT2D eigenvalue weighted by Crippen LogP contribution is 2.23. The molecule has 0 saturated heterocycles. The highest BCUT2D eigenvalue weighted by Gasteiger charge is 2.13. The van der Waals surface area contributed by atoms with Gasteiger partial charge in [0, 0.05) is 6.04 Å². The highest BCUT2D eigenvalue weighted by molar-refractivity contribution is 7.59. The van der Waals surface area contributed by atoms with Gasteiger partial charge >= 0.3 is 5.97 Å². The van der Waals surface area contributed by atoms with Crippen LogP contribution in [0.15, 0.2) is 54.6 Å². The summed E-state index contributed by atoms with van der Waals surface area (Å²) in [6.45, 7) is 2.18. The number of hydrogen-bond donors (Lipinski definition) is 1. The molecule has 1 unspecified atom stereocenters. The number of esters is 1. The van der Waals surface area contributed by atoms with E-state index in [0.717, 1.165) is 16.7 Å². The van der Waals surface area contributed by atoms with Gasteiger partial charge in [0.25, 0.3) is 0 Å². The van der Waals surface area contributed by atoms with Crippen LogP contribution in [0.4, 0.5) is 0 Å². The van der Waals surface area contributed by atoms with E-state index in [1.165, 1.54) is 0 Å². The first kappa shape index (κ1) is 17.3. The van der Waals surface area contributed by atoms with Crippen molar-refractivity contribution in [2.75, 3.05) is 6.61 Å². The fourth-order valence-corrected chi connectivity index (χ4v) is 2.10. The van der Waals surface area contributed by atoms with Crippen LogP contribution >= 0.6 is 13.5 Å². The molecular formula is C17H21NO2S. The van der Waals surface area contributed by atoms with Gasteiger partial charge in [-0.05, 0) is 29.7 Å². The van der Waals surface area contributed by atoms with Crippen molar-refractivity contribution in [1.82, 2.24) is 0 Å². The van der Waals surface area contributed by atoms with Gasteiger partial charge in [-0.1, -0.05) is 48.5 Å². The monoisotopic (exact) mass is 303 g/mol. The fraction of sp³-hybridized carbons (Fsp3) is 0.235. The van der Waals surface area contributed by atoms with Gasteiger partial charge in [-0.15, -0.1) is 0 Å². The smallest absolute Gasteiger partial charge is 0.307 e. The summed E-state index contributed by atoms with van der Waals surface area (Å²) in [4.78, 5) is 11.5. The van der Waals surface area contributed by atoms with Crippen molar-refractivity contribution in [3.8, 4) is 11.1 Å². The Bertz CT molecular complexity index is 572. The van der Waals surface area contributed by atoms with Crippen molar-refractivity contribution in [2.45, 2.75) is 19.4 Å². The van der Waals surface area contributed by atoms with Crippen LogP contribution in [0.1, 0.15) is 24.9 Å². The Labute approximate surface area is 132 Å². The number of hydrogen-bond acceptors (Lipinski definition) is 3. The van der Waals surface area contributed by atoms with E-state index in [4.69, 9.17) is 10.5 Å². The van der Waals surface area contributed by atoms with Crippen molar-refractivity contribution in [2.24, 2.45) is 5.73 Å². The van der Waals surface area contributed by atoms with E-state index in [1.807, 2.05) is 42.5 Å². The van der Waals surface area contributed by atoms with Crippen LogP contribution in [0.2, 0.25) is 0 Å². The summed E-state index contributed by atoms with van der Waals surface area (Å²) in [6, 6.07) is 17.7. The molecule has 2 aromatic rings. The fourth-order valence-electron chi connectivity index (χ4n) is 2.10. The Hall–Kier alpha value is -1.78. The molecule has 0 heterocycles. The third-order valence-electron chi connectivity index (χ3n) is 3.11. The van der Waals surface area contributed by atoms with Gasteiger partial charge < -0.3 is 10.5 Å². The molecule has 3 nitrogen and oxygen atoms in total. The van der Waals surface area contributed by atoms with Crippen molar-refractivity contribution < 1.29 is 9.53 Å². The topological polar surface area (TPSA) is 52.3 Å². The molecule has 21 heavy (non-hydrogen) atoms. The zero-order valence-corrected chi connectivity index (χ0v) is 13.1. The van der Waals surface area contributed by atoms with E-state index in [-0.39, 0.29) is 31.9 Å². The normalized spacial score (nSPS) is 11.3. The second-order valence-electron chi connectivity index (χ2n) is 4.61. The van der Waals surface area contributed by atoms with E-state index in [2.05, 4.69) is 12.1 Å². The number of nitrogens with two attached hydrogens (primary N) is 1. The van der Waals surface area contributed by atoms with Crippen molar-refractivity contribution >= 4 is 19.5 Å². The van der Waals surface area contributed by atoms with Crippen LogP contribution in [-0.2, 0) is 9.53 Å². The molecular weight excluding hydrogens is 282 g/mol. The molecule has 1 atom stereocenters. The van der Waals surface area contributed by atoms with Crippen molar-refractivity contribution in [3.05, 3.63) is 60.2 Å². The maximum absolute atomic E-state index is 11.5. The van der Waals surface area contributed by atoms with Gasteiger partial charge in [0.05, 0.1) is 13.0 Å². The molecule has 0 aliphatic heterocycles. The summed E-state index contributed by atoms with van der Waals surface area (Å²) < 4.78 is 4.93. The Morgan fingerprint density at radius 3 is 2.43 bits per heavy atom. The molecule has 0 aliphatic rings. The molecule has 112 valence electrons. The molecule has 4 heteroatoms. The minimum Gasteiger partial charge on any atom is -0.466 e. The minimum absolute atomic E-state index is 0. The third-order valence-corrected chi connectivity index (χ3v) is 3.11. The van der Waals surface area contributed by atoms with E-state index in [1.54, 1.807) is 6.92 Å². The van der Waals surface area contributed by atoms with Crippen LogP contribution in [0.25, 0.3) is 11.1 Å². The van der Waals surface area contributed by atoms with Crippen LogP contribution < -0.4 is 5.73 Å². The van der Waals surface area contributed by atoms with E-state index < -0.39 is 0 Å². The summed E-state index contributed by atoms with van der Waals surface area (Å²) in [5.41, 5.74) is 9.25. The lowest BCUT2D eigenvalue weighted by atomic mass is 9.98. The zero-order chi connectivity index (χ0) is 14.4. The maximum Gasteiger partial charge on any atom is 0.307 e. The first-order valence-electron chi connectivity index (χ1n) is 6.77. The molecule has 0 radical (unpaired) electrons. The lowest BCUT2D eigenvalue weighted by molar-refractivity contribution is -0.143. The lowest BCUT2D eigenvalue weighted by Crippen LogP contribution is -2.17. The second kappa shape index (κ2) is 8.49. The van der Waals surface area contributed by atoms with Gasteiger partial charge in [0.15, 0.2) is 0 Å². The Morgan fingerprint density at radius 2 is 1.76 bits per heavy atom. The molecule has 0 amide bonds. The zero-order valence-electron chi connectivity index (χ0n) is 12.1. The summed E-state index contributed by atoms with van der Waals surface area (Å²) in [5.74, 6) is -0.259.